The Kier molecular flexibility index (Phi) is 7.54. The van der Waals surface area contributed by atoms with E-state index < -0.39 is 37.1 Å². The molecule has 0 fully saturated rings. The van der Waals surface area contributed by atoms with Gasteiger partial charge in [0.05, 0.1) is 12.1 Å². The Morgan fingerprint density at radius 3 is 2.52 bits per heavy atom. The lowest BCUT2D eigenvalue weighted by Gasteiger charge is -2.32. The number of para-hydroxylation sites is 2. The van der Waals surface area contributed by atoms with Gasteiger partial charge >= 0.3 is 12.6 Å². The second-order valence-electron chi connectivity index (χ2n) is 6.91. The Bertz CT molecular complexity index is 1040. The Morgan fingerprint density at radius 2 is 1.82 bits per heavy atom. The molecule has 0 radical (unpaired) electrons. The van der Waals surface area contributed by atoms with Crippen LogP contribution >= 0.6 is 0 Å². The van der Waals surface area contributed by atoms with Crippen molar-refractivity contribution in [2.75, 3.05) is 18.1 Å². The van der Waals surface area contributed by atoms with Crippen molar-refractivity contribution in [2.24, 2.45) is 0 Å². The first-order valence-corrected chi connectivity index (χ1v) is 9.86. The number of ether oxygens (including phenoxy) is 3. The lowest BCUT2D eigenvalue weighted by Crippen LogP contribution is -2.45. The molecule has 2 aromatic rings. The summed E-state index contributed by atoms with van der Waals surface area (Å²) in [6.45, 7) is -2.08. The fraction of sp³-hybridized carbons (Fsp3) is 0.273. The van der Waals surface area contributed by atoms with Gasteiger partial charge in [-0.1, -0.05) is 12.1 Å². The monoisotopic (exact) mass is 462 g/mol. The van der Waals surface area contributed by atoms with Crippen LogP contribution < -0.4 is 19.7 Å². The summed E-state index contributed by atoms with van der Waals surface area (Å²) in [6, 6.07) is 11.6. The van der Waals surface area contributed by atoms with Crippen molar-refractivity contribution >= 4 is 29.4 Å². The van der Waals surface area contributed by atoms with Crippen LogP contribution in [0.15, 0.2) is 48.5 Å². The molecule has 0 aromatic heterocycles. The predicted octanol–water partition coefficient (Wildman–Crippen LogP) is 2.29. The predicted molar refractivity (Wildman–Crippen MR) is 110 cm³/mol. The van der Waals surface area contributed by atoms with Gasteiger partial charge < -0.3 is 19.1 Å². The number of carbonyl (C=O) groups excluding carboxylic acids is 4. The van der Waals surface area contributed by atoms with Crippen molar-refractivity contribution in [3.8, 4) is 11.5 Å². The van der Waals surface area contributed by atoms with Gasteiger partial charge in [0.2, 0.25) is 0 Å². The Balaban J connectivity index is 1.45. The normalized spacial score (nSPS) is 14.8. The molecule has 0 saturated carbocycles. The maximum absolute atomic E-state index is 12.4. The molecule has 1 aliphatic heterocycles. The number of nitrogens with one attached hydrogen (secondary N) is 1. The van der Waals surface area contributed by atoms with E-state index in [0.717, 1.165) is 12.1 Å². The number of halogens is 2. The highest BCUT2D eigenvalue weighted by atomic mass is 19.3. The number of hydrogen-bond donors (Lipinski definition) is 1. The summed E-state index contributed by atoms with van der Waals surface area (Å²) >= 11 is 0. The zero-order valence-corrected chi connectivity index (χ0v) is 17.5. The van der Waals surface area contributed by atoms with Crippen LogP contribution in [0.4, 0.5) is 14.5 Å². The minimum Gasteiger partial charge on any atom is -0.479 e. The first-order valence-electron chi connectivity index (χ1n) is 9.86. The van der Waals surface area contributed by atoms with Gasteiger partial charge in [0.25, 0.3) is 17.7 Å². The van der Waals surface area contributed by atoms with Gasteiger partial charge in [0, 0.05) is 12.1 Å². The number of amides is 3. The molecule has 1 N–H and O–H groups in total. The third-order valence-corrected chi connectivity index (χ3v) is 4.57. The van der Waals surface area contributed by atoms with Crippen LogP contribution in [0.3, 0.4) is 0 Å². The molecule has 1 atom stereocenters. The number of fused-ring (bicyclic) bond motifs is 1. The minimum atomic E-state index is -3.00. The summed E-state index contributed by atoms with van der Waals surface area (Å²) in [5, 5.41) is 2.02. The van der Waals surface area contributed by atoms with Gasteiger partial charge in [0.15, 0.2) is 12.7 Å². The van der Waals surface area contributed by atoms with Crippen LogP contribution in [0.1, 0.15) is 23.7 Å². The van der Waals surface area contributed by atoms with E-state index >= 15 is 0 Å². The van der Waals surface area contributed by atoms with E-state index in [1.54, 1.807) is 31.2 Å². The van der Waals surface area contributed by atoms with Gasteiger partial charge in [-0.25, -0.2) is 0 Å². The molecule has 2 aromatic carbocycles. The summed E-state index contributed by atoms with van der Waals surface area (Å²) in [5.74, 6) is -2.35. The lowest BCUT2D eigenvalue weighted by molar-refractivity contribution is -0.148. The van der Waals surface area contributed by atoms with Crippen molar-refractivity contribution in [1.29, 1.82) is 0 Å². The average Bonchev–Trinajstić information content (AvgIpc) is 2.78. The van der Waals surface area contributed by atoms with Crippen molar-refractivity contribution in [3.63, 3.8) is 0 Å². The lowest BCUT2D eigenvalue weighted by atomic mass is 10.2. The van der Waals surface area contributed by atoms with Gasteiger partial charge in [-0.2, -0.15) is 8.78 Å². The van der Waals surface area contributed by atoms with Gasteiger partial charge in [0.1, 0.15) is 11.5 Å². The first kappa shape index (κ1) is 23.6. The molecule has 9 nitrogen and oxygen atoms in total. The summed E-state index contributed by atoms with van der Waals surface area (Å²) in [6.07, 6.45) is -0.886. The Labute approximate surface area is 187 Å². The van der Waals surface area contributed by atoms with E-state index in [9.17, 15) is 28.0 Å². The number of carbonyl (C=O) groups is 4. The van der Waals surface area contributed by atoms with E-state index in [1.165, 1.54) is 17.0 Å². The molecule has 11 heteroatoms. The molecular weight excluding hydrogens is 442 g/mol. The highest BCUT2D eigenvalue weighted by Crippen LogP contribution is 2.33. The number of alkyl halides is 2. The minimum absolute atomic E-state index is 0.0231. The van der Waals surface area contributed by atoms with E-state index in [4.69, 9.17) is 9.47 Å². The standard InChI is InChI=1S/C22H20F2N2O7/c1-13-21(30)26(16-4-2-3-5-17(16)32-13)11-10-19(28)31-12-18(27)25-20(29)14-6-8-15(9-7-14)33-22(23)24/h2-9,13,22H,10-12H2,1H3,(H,25,27,29). The fourth-order valence-electron chi connectivity index (χ4n) is 3.03. The number of anilines is 1. The van der Waals surface area contributed by atoms with Crippen molar-refractivity contribution in [2.45, 2.75) is 26.1 Å². The van der Waals surface area contributed by atoms with Crippen LogP contribution in [0, 0.1) is 0 Å². The number of hydrogen-bond acceptors (Lipinski definition) is 7. The highest BCUT2D eigenvalue weighted by molar-refractivity contribution is 6.05. The average molecular weight is 462 g/mol. The van der Waals surface area contributed by atoms with Gasteiger partial charge in [-0.3, -0.25) is 24.5 Å². The van der Waals surface area contributed by atoms with E-state index in [1.807, 2.05) is 5.32 Å². The van der Waals surface area contributed by atoms with E-state index in [0.29, 0.717) is 11.4 Å². The zero-order valence-electron chi connectivity index (χ0n) is 17.5. The molecule has 1 heterocycles. The molecule has 3 rings (SSSR count). The molecule has 174 valence electrons. The molecule has 0 aliphatic carbocycles. The molecule has 0 saturated heterocycles. The SMILES string of the molecule is CC1Oc2ccccc2N(CCC(=O)OCC(=O)NC(=O)c2ccc(OC(F)F)cc2)C1=O. The van der Waals surface area contributed by atoms with E-state index in [-0.39, 0.29) is 30.2 Å². The summed E-state index contributed by atoms with van der Waals surface area (Å²) < 4.78 is 38.9. The van der Waals surface area contributed by atoms with Crippen molar-refractivity contribution in [3.05, 3.63) is 54.1 Å². The summed E-state index contributed by atoms with van der Waals surface area (Å²) in [5.41, 5.74) is 0.552. The summed E-state index contributed by atoms with van der Waals surface area (Å²) in [4.78, 5) is 49.8. The maximum Gasteiger partial charge on any atom is 0.387 e. The molecule has 1 unspecified atom stereocenters. The van der Waals surface area contributed by atoms with Crippen LogP contribution in [0.5, 0.6) is 11.5 Å². The number of imide groups is 1. The number of rotatable bonds is 8. The number of esters is 1. The van der Waals surface area contributed by atoms with Crippen LogP contribution in [-0.4, -0.2) is 49.6 Å². The van der Waals surface area contributed by atoms with Gasteiger partial charge in [-0.05, 0) is 43.3 Å². The smallest absolute Gasteiger partial charge is 0.387 e. The molecule has 1 aliphatic rings. The van der Waals surface area contributed by atoms with Crippen molar-refractivity contribution < 1.29 is 42.2 Å². The number of benzene rings is 2. The third-order valence-electron chi connectivity index (χ3n) is 4.57. The Morgan fingerprint density at radius 1 is 1.12 bits per heavy atom. The topological polar surface area (TPSA) is 111 Å². The fourth-order valence-corrected chi connectivity index (χ4v) is 3.03. The second-order valence-corrected chi connectivity index (χ2v) is 6.91. The Hall–Kier alpha value is -4.02. The summed E-state index contributed by atoms with van der Waals surface area (Å²) in [7, 11) is 0. The molecule has 0 spiro atoms. The van der Waals surface area contributed by atoms with Gasteiger partial charge in [-0.15, -0.1) is 0 Å². The van der Waals surface area contributed by atoms with Crippen molar-refractivity contribution in [1.82, 2.24) is 5.32 Å². The number of nitrogens with zero attached hydrogens (tertiary/aromatic N) is 1. The first-order chi connectivity index (χ1) is 15.7. The third kappa shape index (κ3) is 6.25. The highest BCUT2D eigenvalue weighted by Gasteiger charge is 2.31. The largest absolute Gasteiger partial charge is 0.479 e. The maximum atomic E-state index is 12.4. The molecular formula is C22H20F2N2O7. The van der Waals surface area contributed by atoms with Crippen LogP contribution in [0.2, 0.25) is 0 Å². The molecule has 33 heavy (non-hydrogen) atoms. The molecule has 3 amide bonds. The van der Waals surface area contributed by atoms with Crippen LogP contribution in [0.25, 0.3) is 0 Å². The second kappa shape index (κ2) is 10.5. The molecule has 0 bridgehead atoms. The van der Waals surface area contributed by atoms with Crippen LogP contribution in [-0.2, 0) is 19.1 Å². The zero-order chi connectivity index (χ0) is 24.0. The quantitative estimate of drug-likeness (QED) is 0.599. The van der Waals surface area contributed by atoms with E-state index in [2.05, 4.69) is 4.74 Å².